The molecule has 1 heterocycles. The molecule has 0 fully saturated rings. The van der Waals surface area contributed by atoms with E-state index in [1.807, 2.05) is 44.2 Å². The summed E-state index contributed by atoms with van der Waals surface area (Å²) in [7, 11) is 0. The first kappa shape index (κ1) is 20.4. The molecule has 3 aromatic rings. The van der Waals surface area contributed by atoms with Gasteiger partial charge in [0.25, 0.3) is 5.91 Å². The van der Waals surface area contributed by atoms with Crippen molar-refractivity contribution in [2.75, 3.05) is 5.32 Å². The Hall–Kier alpha value is -3.35. The zero-order chi connectivity index (χ0) is 21.0. The van der Waals surface area contributed by atoms with Crippen LogP contribution in [-0.4, -0.2) is 26.8 Å². The van der Waals surface area contributed by atoms with Gasteiger partial charge < -0.3 is 10.2 Å². The SMILES string of the molecule is Cc1nc(Nc2c(F)cccc2F)cc(C(=O)N(Cc2ccccc2)C(C)C)n1. The molecule has 0 spiro atoms. The smallest absolute Gasteiger partial charge is 0.273 e. The third-order valence-corrected chi connectivity index (χ3v) is 4.35. The molecular weight excluding hydrogens is 374 g/mol. The summed E-state index contributed by atoms with van der Waals surface area (Å²) in [6, 6.07) is 14.5. The lowest BCUT2D eigenvalue weighted by molar-refractivity contribution is 0.0684. The first-order valence-corrected chi connectivity index (χ1v) is 9.26. The number of rotatable bonds is 6. The van der Waals surface area contributed by atoms with Gasteiger partial charge in [-0.15, -0.1) is 0 Å². The zero-order valence-electron chi connectivity index (χ0n) is 16.5. The van der Waals surface area contributed by atoms with Crippen molar-refractivity contribution < 1.29 is 13.6 Å². The van der Waals surface area contributed by atoms with E-state index in [0.717, 1.165) is 17.7 Å². The molecule has 5 nitrogen and oxygen atoms in total. The van der Waals surface area contributed by atoms with Gasteiger partial charge in [0.15, 0.2) is 0 Å². The molecular formula is C22H22F2N4O. The zero-order valence-corrected chi connectivity index (χ0v) is 16.5. The number of aryl methyl sites for hydroxylation is 1. The normalized spacial score (nSPS) is 10.8. The highest BCUT2D eigenvalue weighted by atomic mass is 19.1. The van der Waals surface area contributed by atoms with Gasteiger partial charge in [-0.25, -0.2) is 18.7 Å². The number of benzene rings is 2. The Morgan fingerprint density at radius 2 is 1.69 bits per heavy atom. The summed E-state index contributed by atoms with van der Waals surface area (Å²) in [5, 5.41) is 2.62. The van der Waals surface area contributed by atoms with Crippen LogP contribution < -0.4 is 5.32 Å². The van der Waals surface area contributed by atoms with E-state index in [1.165, 1.54) is 12.1 Å². The maximum absolute atomic E-state index is 14.0. The van der Waals surface area contributed by atoms with Crippen LogP contribution in [0.1, 0.15) is 35.7 Å². The lowest BCUT2D eigenvalue weighted by Crippen LogP contribution is -2.37. The number of para-hydroxylation sites is 1. The Balaban J connectivity index is 1.90. The highest BCUT2D eigenvalue weighted by Crippen LogP contribution is 2.23. The molecule has 0 unspecified atom stereocenters. The maximum atomic E-state index is 14.0. The summed E-state index contributed by atoms with van der Waals surface area (Å²) in [6.07, 6.45) is 0. The van der Waals surface area contributed by atoms with Crippen LogP contribution in [0.4, 0.5) is 20.3 Å². The first-order chi connectivity index (χ1) is 13.8. The third-order valence-electron chi connectivity index (χ3n) is 4.35. The Morgan fingerprint density at radius 3 is 2.31 bits per heavy atom. The highest BCUT2D eigenvalue weighted by molar-refractivity contribution is 5.93. The van der Waals surface area contributed by atoms with Crippen molar-refractivity contribution in [2.45, 2.75) is 33.4 Å². The number of anilines is 2. The van der Waals surface area contributed by atoms with Gasteiger partial charge in [0.2, 0.25) is 0 Å². The molecule has 1 aromatic heterocycles. The van der Waals surface area contributed by atoms with Crippen LogP contribution in [-0.2, 0) is 6.54 Å². The van der Waals surface area contributed by atoms with Crippen molar-refractivity contribution in [3.05, 3.63) is 83.3 Å². The van der Waals surface area contributed by atoms with E-state index in [9.17, 15) is 13.6 Å². The number of halogens is 2. The minimum absolute atomic E-state index is 0.0709. The average molecular weight is 396 g/mol. The van der Waals surface area contributed by atoms with E-state index in [2.05, 4.69) is 15.3 Å². The van der Waals surface area contributed by atoms with E-state index >= 15 is 0 Å². The molecule has 29 heavy (non-hydrogen) atoms. The quantitative estimate of drug-likeness (QED) is 0.647. The van der Waals surface area contributed by atoms with Gasteiger partial charge in [-0.1, -0.05) is 36.4 Å². The van der Waals surface area contributed by atoms with E-state index in [4.69, 9.17) is 0 Å². The van der Waals surface area contributed by atoms with E-state index in [1.54, 1.807) is 11.8 Å². The number of carbonyl (C=O) groups is 1. The van der Waals surface area contributed by atoms with Crippen LogP contribution in [0.5, 0.6) is 0 Å². The molecule has 7 heteroatoms. The van der Waals surface area contributed by atoms with Crippen molar-refractivity contribution in [3.8, 4) is 0 Å². The molecule has 0 aliphatic heterocycles. The Kier molecular flexibility index (Phi) is 6.16. The van der Waals surface area contributed by atoms with Gasteiger partial charge >= 0.3 is 0 Å². The summed E-state index contributed by atoms with van der Waals surface area (Å²) < 4.78 is 27.9. The molecule has 150 valence electrons. The first-order valence-electron chi connectivity index (χ1n) is 9.26. The lowest BCUT2D eigenvalue weighted by Gasteiger charge is -2.27. The fraction of sp³-hybridized carbons (Fsp3) is 0.227. The monoisotopic (exact) mass is 396 g/mol. The topological polar surface area (TPSA) is 58.1 Å². The van der Waals surface area contributed by atoms with Crippen molar-refractivity contribution in [1.29, 1.82) is 0 Å². The maximum Gasteiger partial charge on any atom is 0.273 e. The second-order valence-electron chi connectivity index (χ2n) is 6.92. The second kappa shape index (κ2) is 8.77. The Labute approximate surface area is 168 Å². The van der Waals surface area contributed by atoms with E-state index < -0.39 is 11.6 Å². The molecule has 0 atom stereocenters. The largest absolute Gasteiger partial charge is 0.335 e. The van der Waals surface area contributed by atoms with E-state index in [-0.39, 0.29) is 29.1 Å². The van der Waals surface area contributed by atoms with Gasteiger partial charge in [-0.05, 0) is 38.5 Å². The number of carbonyl (C=O) groups excluding carboxylic acids is 1. The Bertz CT molecular complexity index is 989. The third kappa shape index (κ3) is 4.93. The number of amides is 1. The molecule has 1 N–H and O–H groups in total. The van der Waals surface area contributed by atoms with Gasteiger partial charge in [-0.2, -0.15) is 0 Å². The van der Waals surface area contributed by atoms with Crippen molar-refractivity contribution in [1.82, 2.24) is 14.9 Å². The number of hydrogen-bond acceptors (Lipinski definition) is 4. The molecule has 2 aromatic carbocycles. The minimum atomic E-state index is -0.748. The van der Waals surface area contributed by atoms with Crippen molar-refractivity contribution in [3.63, 3.8) is 0 Å². The predicted octanol–water partition coefficient (Wildman–Crippen LogP) is 4.86. The molecule has 0 saturated heterocycles. The lowest BCUT2D eigenvalue weighted by atomic mass is 10.1. The second-order valence-corrected chi connectivity index (χ2v) is 6.92. The standard InChI is InChI=1S/C22H22F2N4O/c1-14(2)28(13-16-8-5-4-6-9-16)22(29)19-12-20(26-15(3)25-19)27-21-17(23)10-7-11-18(21)24/h4-12,14H,13H2,1-3H3,(H,25,26,27). The molecule has 1 amide bonds. The number of hydrogen-bond donors (Lipinski definition) is 1. The molecule has 0 aliphatic rings. The van der Waals surface area contributed by atoms with Crippen molar-refractivity contribution >= 4 is 17.4 Å². The van der Waals surface area contributed by atoms with Crippen LogP contribution in [0.15, 0.2) is 54.6 Å². The van der Waals surface area contributed by atoms with E-state index in [0.29, 0.717) is 12.4 Å². The number of nitrogens with one attached hydrogen (secondary N) is 1. The van der Waals surface area contributed by atoms with Gasteiger partial charge in [0.05, 0.1) is 0 Å². The fourth-order valence-corrected chi connectivity index (χ4v) is 2.90. The predicted molar refractivity (Wildman–Crippen MR) is 108 cm³/mol. The molecule has 3 rings (SSSR count). The molecule has 0 bridgehead atoms. The van der Waals surface area contributed by atoms with Crippen LogP contribution in [0.25, 0.3) is 0 Å². The average Bonchev–Trinajstić information content (AvgIpc) is 2.69. The molecule has 0 radical (unpaired) electrons. The summed E-state index contributed by atoms with van der Waals surface area (Å²) >= 11 is 0. The number of nitrogens with zero attached hydrogens (tertiary/aromatic N) is 3. The van der Waals surface area contributed by atoms with Crippen molar-refractivity contribution in [2.24, 2.45) is 0 Å². The highest BCUT2D eigenvalue weighted by Gasteiger charge is 2.22. The fourth-order valence-electron chi connectivity index (χ4n) is 2.90. The summed E-state index contributed by atoms with van der Waals surface area (Å²) in [5.74, 6) is -1.32. The van der Waals surface area contributed by atoms with Crippen LogP contribution in [0.3, 0.4) is 0 Å². The van der Waals surface area contributed by atoms with Gasteiger partial charge in [-0.3, -0.25) is 4.79 Å². The number of aromatic nitrogens is 2. The molecule has 0 saturated carbocycles. The van der Waals surface area contributed by atoms with Crippen LogP contribution in [0, 0.1) is 18.6 Å². The molecule has 0 aliphatic carbocycles. The summed E-state index contributed by atoms with van der Waals surface area (Å²) in [6.45, 7) is 5.88. The van der Waals surface area contributed by atoms with Gasteiger partial charge in [0.1, 0.15) is 34.7 Å². The summed E-state index contributed by atoms with van der Waals surface area (Å²) in [4.78, 5) is 23.2. The van der Waals surface area contributed by atoms with Crippen LogP contribution >= 0.6 is 0 Å². The summed E-state index contributed by atoms with van der Waals surface area (Å²) in [5.41, 5.74) is 0.822. The van der Waals surface area contributed by atoms with Crippen LogP contribution in [0.2, 0.25) is 0 Å². The van der Waals surface area contributed by atoms with Gasteiger partial charge in [0, 0.05) is 18.7 Å². The minimum Gasteiger partial charge on any atom is -0.335 e. The Morgan fingerprint density at radius 1 is 1.03 bits per heavy atom.